The van der Waals surface area contributed by atoms with Crippen molar-refractivity contribution in [2.24, 2.45) is 0 Å². The van der Waals surface area contributed by atoms with Crippen molar-refractivity contribution in [3.05, 3.63) is 46.3 Å². The number of carbonyl (C=O) groups excluding carboxylic acids is 1. The first kappa shape index (κ1) is 14.1. The Bertz CT molecular complexity index is 499. The Labute approximate surface area is 117 Å². The topological polar surface area (TPSA) is 29.1 Å². The Morgan fingerprint density at radius 3 is 2.89 bits per heavy atom. The van der Waals surface area contributed by atoms with Gasteiger partial charge in [-0.15, -0.1) is 0 Å². The van der Waals surface area contributed by atoms with E-state index in [1.165, 1.54) is 30.5 Å². The number of hydrogen-bond donors (Lipinski definition) is 1. The zero-order valence-electron chi connectivity index (χ0n) is 10.7. The lowest BCUT2D eigenvalue weighted by atomic mass is 9.97. The van der Waals surface area contributed by atoms with Crippen LogP contribution in [0.4, 0.5) is 4.39 Å². The minimum absolute atomic E-state index is 0.0435. The van der Waals surface area contributed by atoms with E-state index in [1.807, 2.05) is 0 Å². The van der Waals surface area contributed by atoms with E-state index in [4.69, 9.17) is 11.6 Å². The van der Waals surface area contributed by atoms with Crippen LogP contribution in [-0.4, -0.2) is 12.5 Å². The molecule has 0 radical (unpaired) electrons. The van der Waals surface area contributed by atoms with Gasteiger partial charge in [0, 0.05) is 11.6 Å². The third-order valence-electron chi connectivity index (χ3n) is 3.29. The van der Waals surface area contributed by atoms with E-state index in [9.17, 15) is 9.18 Å². The molecule has 1 aliphatic carbocycles. The first-order valence-corrected chi connectivity index (χ1v) is 6.96. The highest BCUT2D eigenvalue weighted by Crippen LogP contribution is 2.19. The number of halogens is 2. The second kappa shape index (κ2) is 6.71. The van der Waals surface area contributed by atoms with Crippen molar-refractivity contribution in [1.82, 2.24) is 5.32 Å². The molecule has 1 aliphatic rings. The number of allylic oxidation sites excluding steroid dienone is 1. The van der Waals surface area contributed by atoms with E-state index in [2.05, 4.69) is 11.4 Å². The maximum atomic E-state index is 13.5. The van der Waals surface area contributed by atoms with Gasteiger partial charge < -0.3 is 5.32 Å². The van der Waals surface area contributed by atoms with Crippen LogP contribution in [0.15, 0.2) is 29.8 Å². The van der Waals surface area contributed by atoms with Gasteiger partial charge in [0.2, 0.25) is 0 Å². The lowest BCUT2D eigenvalue weighted by Crippen LogP contribution is -2.25. The molecule has 0 saturated heterocycles. The Morgan fingerprint density at radius 2 is 2.21 bits per heavy atom. The molecule has 0 aromatic heterocycles. The average molecular weight is 282 g/mol. The number of amides is 1. The third kappa shape index (κ3) is 4.06. The van der Waals surface area contributed by atoms with E-state index in [-0.39, 0.29) is 11.5 Å². The highest BCUT2D eigenvalue weighted by molar-refractivity contribution is 6.30. The molecule has 0 aliphatic heterocycles. The van der Waals surface area contributed by atoms with Crippen molar-refractivity contribution < 1.29 is 9.18 Å². The third-order valence-corrected chi connectivity index (χ3v) is 3.53. The maximum Gasteiger partial charge on any atom is 0.254 e. The molecular formula is C15H17ClFNO. The molecule has 0 spiro atoms. The van der Waals surface area contributed by atoms with Crippen LogP contribution in [0, 0.1) is 5.82 Å². The van der Waals surface area contributed by atoms with Gasteiger partial charge in [0.25, 0.3) is 5.91 Å². The largest absolute Gasteiger partial charge is 0.352 e. The summed E-state index contributed by atoms with van der Waals surface area (Å²) in [5.41, 5.74) is 1.44. The summed E-state index contributed by atoms with van der Waals surface area (Å²) in [5, 5.41) is 3.04. The molecule has 0 saturated carbocycles. The van der Waals surface area contributed by atoms with Crippen molar-refractivity contribution in [1.29, 1.82) is 0 Å². The highest BCUT2D eigenvalue weighted by Gasteiger charge is 2.11. The quantitative estimate of drug-likeness (QED) is 0.827. The van der Waals surface area contributed by atoms with Gasteiger partial charge in [-0.25, -0.2) is 4.39 Å². The smallest absolute Gasteiger partial charge is 0.254 e. The lowest BCUT2D eigenvalue weighted by molar-refractivity contribution is 0.0950. The van der Waals surface area contributed by atoms with Crippen molar-refractivity contribution in [2.45, 2.75) is 32.1 Å². The van der Waals surface area contributed by atoms with Gasteiger partial charge in [-0.2, -0.15) is 0 Å². The molecule has 0 unspecified atom stereocenters. The van der Waals surface area contributed by atoms with E-state index < -0.39 is 5.82 Å². The molecule has 1 aromatic carbocycles. The standard InChI is InChI=1S/C15H17ClFNO/c16-12-6-7-13(14(17)10-12)15(19)18-9-8-11-4-2-1-3-5-11/h4,6-7,10H,1-3,5,8-9H2,(H,18,19). The summed E-state index contributed by atoms with van der Waals surface area (Å²) < 4.78 is 13.5. The van der Waals surface area contributed by atoms with Crippen LogP contribution in [0.25, 0.3) is 0 Å². The Balaban J connectivity index is 1.85. The van der Waals surface area contributed by atoms with Crippen LogP contribution in [0.1, 0.15) is 42.5 Å². The second-order valence-corrected chi connectivity index (χ2v) is 5.17. The monoisotopic (exact) mass is 281 g/mol. The zero-order chi connectivity index (χ0) is 13.7. The first-order chi connectivity index (χ1) is 9.16. The number of benzene rings is 1. The first-order valence-electron chi connectivity index (χ1n) is 6.58. The molecule has 0 atom stereocenters. The minimum atomic E-state index is -0.582. The van der Waals surface area contributed by atoms with Gasteiger partial charge >= 0.3 is 0 Å². The fraction of sp³-hybridized carbons (Fsp3) is 0.400. The van der Waals surface area contributed by atoms with Crippen LogP contribution in [0.2, 0.25) is 5.02 Å². The van der Waals surface area contributed by atoms with Crippen molar-refractivity contribution in [2.75, 3.05) is 6.54 Å². The van der Waals surface area contributed by atoms with Crippen LogP contribution < -0.4 is 5.32 Å². The summed E-state index contributed by atoms with van der Waals surface area (Å²) in [7, 11) is 0. The van der Waals surface area contributed by atoms with Crippen LogP contribution in [0.3, 0.4) is 0 Å². The van der Waals surface area contributed by atoms with Gasteiger partial charge in [0.15, 0.2) is 0 Å². The zero-order valence-corrected chi connectivity index (χ0v) is 11.5. The van der Waals surface area contributed by atoms with Crippen molar-refractivity contribution in [3.63, 3.8) is 0 Å². The van der Waals surface area contributed by atoms with Gasteiger partial charge in [-0.05, 0) is 50.3 Å². The van der Waals surface area contributed by atoms with Crippen LogP contribution in [-0.2, 0) is 0 Å². The molecular weight excluding hydrogens is 265 g/mol. The Hall–Kier alpha value is -1.35. The minimum Gasteiger partial charge on any atom is -0.352 e. The second-order valence-electron chi connectivity index (χ2n) is 4.74. The summed E-state index contributed by atoms with van der Waals surface area (Å²) in [5.74, 6) is -0.965. The molecule has 1 aromatic rings. The normalized spacial score (nSPS) is 14.9. The summed E-state index contributed by atoms with van der Waals surface area (Å²) in [6, 6.07) is 4.08. The van der Waals surface area contributed by atoms with Crippen LogP contribution >= 0.6 is 11.6 Å². The van der Waals surface area contributed by atoms with Gasteiger partial charge in [0.05, 0.1) is 5.56 Å². The molecule has 0 bridgehead atoms. The molecule has 1 amide bonds. The van der Waals surface area contributed by atoms with E-state index in [1.54, 1.807) is 0 Å². The number of carbonyl (C=O) groups is 1. The fourth-order valence-electron chi connectivity index (χ4n) is 2.24. The number of hydrogen-bond acceptors (Lipinski definition) is 1. The molecule has 102 valence electrons. The fourth-order valence-corrected chi connectivity index (χ4v) is 2.40. The molecule has 1 N–H and O–H groups in total. The van der Waals surface area contributed by atoms with E-state index >= 15 is 0 Å². The predicted molar refractivity (Wildman–Crippen MR) is 74.9 cm³/mol. The molecule has 2 rings (SSSR count). The van der Waals surface area contributed by atoms with E-state index in [0.29, 0.717) is 11.6 Å². The Morgan fingerprint density at radius 1 is 1.37 bits per heavy atom. The maximum absolute atomic E-state index is 13.5. The predicted octanol–water partition coefficient (Wildman–Crippen LogP) is 4.10. The highest BCUT2D eigenvalue weighted by atomic mass is 35.5. The SMILES string of the molecule is O=C(NCCC1=CCCCC1)c1ccc(Cl)cc1F. The summed E-state index contributed by atoms with van der Waals surface area (Å²) in [6.45, 7) is 0.548. The van der Waals surface area contributed by atoms with Crippen LogP contribution in [0.5, 0.6) is 0 Å². The van der Waals surface area contributed by atoms with Gasteiger partial charge in [-0.3, -0.25) is 4.79 Å². The number of rotatable bonds is 4. The van der Waals surface area contributed by atoms with E-state index in [0.717, 1.165) is 25.3 Å². The molecule has 4 heteroatoms. The van der Waals surface area contributed by atoms with Crippen molar-refractivity contribution in [3.8, 4) is 0 Å². The molecule has 19 heavy (non-hydrogen) atoms. The lowest BCUT2D eigenvalue weighted by Gasteiger charge is -2.13. The van der Waals surface area contributed by atoms with Gasteiger partial charge in [-0.1, -0.05) is 23.3 Å². The molecule has 0 fully saturated rings. The summed E-state index contributed by atoms with van der Waals surface area (Å²) >= 11 is 5.65. The van der Waals surface area contributed by atoms with Crippen molar-refractivity contribution >= 4 is 17.5 Å². The van der Waals surface area contributed by atoms with Gasteiger partial charge in [0.1, 0.15) is 5.82 Å². The summed E-state index contributed by atoms with van der Waals surface area (Å²) in [6.07, 6.45) is 7.83. The summed E-state index contributed by atoms with van der Waals surface area (Å²) in [4.78, 5) is 11.8. The molecule has 0 heterocycles. The average Bonchev–Trinajstić information content (AvgIpc) is 2.39. The Kier molecular flexibility index (Phi) is 4.97. The number of nitrogens with one attached hydrogen (secondary N) is 1. The molecule has 2 nitrogen and oxygen atoms in total.